The minimum absolute atomic E-state index is 0.228. The van der Waals surface area contributed by atoms with E-state index in [1.807, 2.05) is 13.8 Å². The van der Waals surface area contributed by atoms with Crippen molar-refractivity contribution in [1.29, 1.82) is 5.26 Å². The van der Waals surface area contributed by atoms with Crippen LogP contribution in [0, 0.1) is 22.6 Å². The summed E-state index contributed by atoms with van der Waals surface area (Å²) in [5.74, 6) is -1.79. The number of fused-ring (bicyclic) bond motifs is 1. The lowest BCUT2D eigenvalue weighted by atomic mass is 9.66. The number of pyridine rings is 1. The van der Waals surface area contributed by atoms with Gasteiger partial charge in [0.2, 0.25) is 11.8 Å². The van der Waals surface area contributed by atoms with Gasteiger partial charge in [-0.2, -0.15) is 5.26 Å². The zero-order chi connectivity index (χ0) is 29.7. The molecule has 1 aliphatic carbocycles. The molecule has 3 aromatic rings. The number of nitrogens with one attached hydrogen (secondary N) is 1. The average molecular weight is 569 g/mol. The molecule has 7 nitrogen and oxygen atoms in total. The van der Waals surface area contributed by atoms with E-state index in [1.54, 1.807) is 24.4 Å². The fraction of sp³-hybridized carbons (Fsp3) is 0.471. The summed E-state index contributed by atoms with van der Waals surface area (Å²) in [6.45, 7) is 5.81. The summed E-state index contributed by atoms with van der Waals surface area (Å²) in [4.78, 5) is 30.7. The molecule has 3 heterocycles. The topological polar surface area (TPSA) is 106 Å². The molecular weight excluding hydrogens is 531 g/mol. The van der Waals surface area contributed by atoms with Crippen LogP contribution in [0.15, 0.2) is 48.7 Å². The van der Waals surface area contributed by atoms with Crippen molar-refractivity contribution in [2.24, 2.45) is 5.41 Å². The van der Waals surface area contributed by atoms with Gasteiger partial charge in [0.15, 0.2) is 0 Å². The van der Waals surface area contributed by atoms with Gasteiger partial charge in [-0.05, 0) is 54.5 Å². The number of amides is 2. The molecule has 2 aliphatic heterocycles. The highest BCUT2D eigenvalue weighted by molar-refractivity contribution is 6.01. The van der Waals surface area contributed by atoms with Crippen molar-refractivity contribution in [2.45, 2.75) is 82.3 Å². The molecule has 0 unspecified atom stereocenters. The Morgan fingerprint density at radius 2 is 1.86 bits per heavy atom. The first-order chi connectivity index (χ1) is 20.0. The molecule has 3 fully saturated rings. The molecule has 0 radical (unpaired) electrons. The van der Waals surface area contributed by atoms with Gasteiger partial charge in [0, 0.05) is 48.6 Å². The van der Waals surface area contributed by atoms with Gasteiger partial charge >= 0.3 is 0 Å². The second-order valence-corrected chi connectivity index (χ2v) is 13.1. The molecule has 2 saturated heterocycles. The number of aliphatic hydroxyl groups is 1. The lowest BCUT2D eigenvalue weighted by Gasteiger charge is -2.50. The van der Waals surface area contributed by atoms with Gasteiger partial charge in [0.05, 0.1) is 28.5 Å². The molecule has 3 aliphatic rings. The number of hydrogen-bond acceptors (Lipinski definition) is 6. The number of imide groups is 1. The fourth-order valence-corrected chi connectivity index (χ4v) is 7.39. The van der Waals surface area contributed by atoms with Crippen LogP contribution in [0.25, 0.3) is 10.9 Å². The highest BCUT2D eigenvalue weighted by atomic mass is 19.1. The Balaban J connectivity index is 1.22. The number of carbonyl (C=O) groups excluding carboxylic acids is 2. The maximum Gasteiger partial charge on any atom is 0.234 e. The first-order valence-corrected chi connectivity index (χ1v) is 14.9. The third kappa shape index (κ3) is 4.79. The fourth-order valence-electron chi connectivity index (χ4n) is 7.39. The minimum Gasteiger partial charge on any atom is -0.384 e. The molecule has 8 heteroatoms. The van der Waals surface area contributed by atoms with Gasteiger partial charge in [-0.25, -0.2) is 4.39 Å². The summed E-state index contributed by atoms with van der Waals surface area (Å²) in [5, 5.41) is 24.5. The molecule has 6 rings (SSSR count). The Hall–Kier alpha value is -3.67. The van der Waals surface area contributed by atoms with Crippen LogP contribution in [-0.2, 0) is 27.1 Å². The van der Waals surface area contributed by atoms with Crippen molar-refractivity contribution in [3.05, 3.63) is 76.7 Å². The normalized spacial score (nSPS) is 25.7. The monoisotopic (exact) mass is 568 g/mol. The van der Waals surface area contributed by atoms with E-state index in [2.05, 4.69) is 45.5 Å². The number of benzene rings is 2. The van der Waals surface area contributed by atoms with Gasteiger partial charge in [-0.15, -0.1) is 0 Å². The summed E-state index contributed by atoms with van der Waals surface area (Å²) in [5.41, 5.74) is 1.07. The summed E-state index contributed by atoms with van der Waals surface area (Å²) >= 11 is 0. The second-order valence-electron chi connectivity index (χ2n) is 13.1. The van der Waals surface area contributed by atoms with Crippen LogP contribution >= 0.6 is 0 Å². The van der Waals surface area contributed by atoms with E-state index in [0.717, 1.165) is 36.8 Å². The molecule has 42 heavy (non-hydrogen) atoms. The molecule has 2 amide bonds. The summed E-state index contributed by atoms with van der Waals surface area (Å²) in [7, 11) is 0. The smallest absolute Gasteiger partial charge is 0.234 e. The Bertz CT molecular complexity index is 1590. The number of likely N-dealkylation sites (tertiary alicyclic amines) is 1. The van der Waals surface area contributed by atoms with E-state index in [9.17, 15) is 20.0 Å². The highest BCUT2D eigenvalue weighted by Gasteiger charge is 2.50. The number of nitriles is 1. The Kier molecular flexibility index (Phi) is 7.15. The van der Waals surface area contributed by atoms with E-state index < -0.39 is 28.7 Å². The second kappa shape index (κ2) is 10.6. The van der Waals surface area contributed by atoms with E-state index >= 15 is 4.39 Å². The summed E-state index contributed by atoms with van der Waals surface area (Å²) in [6.07, 6.45) is 6.53. The quantitative estimate of drug-likeness (QED) is 0.402. The molecule has 1 saturated carbocycles. The van der Waals surface area contributed by atoms with Crippen molar-refractivity contribution in [3.63, 3.8) is 0 Å². The van der Waals surface area contributed by atoms with Crippen LogP contribution in [0.1, 0.15) is 87.0 Å². The van der Waals surface area contributed by atoms with Crippen molar-refractivity contribution < 1.29 is 19.1 Å². The molecular formula is C34H37FN4O3. The Labute approximate surface area is 245 Å². The van der Waals surface area contributed by atoms with Crippen LogP contribution in [0.3, 0.4) is 0 Å². The third-order valence-corrected chi connectivity index (χ3v) is 10.0. The van der Waals surface area contributed by atoms with Crippen LogP contribution in [-0.4, -0.2) is 39.9 Å². The van der Waals surface area contributed by atoms with E-state index in [4.69, 9.17) is 0 Å². The predicted molar refractivity (Wildman–Crippen MR) is 157 cm³/mol. The number of piperidine rings is 2. The van der Waals surface area contributed by atoms with Crippen molar-refractivity contribution in [1.82, 2.24) is 15.2 Å². The maximum atomic E-state index is 16.2. The van der Waals surface area contributed by atoms with Crippen LogP contribution in [0.5, 0.6) is 0 Å². The summed E-state index contributed by atoms with van der Waals surface area (Å²) < 4.78 is 16.2. The van der Waals surface area contributed by atoms with Crippen LogP contribution in [0.4, 0.5) is 4.39 Å². The number of aromatic nitrogens is 1. The molecule has 0 spiro atoms. The highest BCUT2D eigenvalue weighted by Crippen LogP contribution is 2.48. The minimum atomic E-state index is -1.40. The SMILES string of the molecule is CC1(C)CN(Cc2ccc(C3(C#N)CCCC3)cc2)CC[C@@]1(O)c1ccc2ncc([C@H]3CCC(=O)NC3=O)cc2c1F. The summed E-state index contributed by atoms with van der Waals surface area (Å²) in [6, 6.07) is 16.0. The van der Waals surface area contributed by atoms with Crippen molar-refractivity contribution in [2.75, 3.05) is 13.1 Å². The van der Waals surface area contributed by atoms with Gasteiger partial charge in [0.1, 0.15) is 5.82 Å². The number of rotatable bonds is 5. The van der Waals surface area contributed by atoms with Crippen molar-refractivity contribution >= 4 is 22.7 Å². The van der Waals surface area contributed by atoms with E-state index in [-0.39, 0.29) is 28.7 Å². The molecule has 2 aromatic carbocycles. The van der Waals surface area contributed by atoms with Gasteiger partial charge < -0.3 is 5.11 Å². The van der Waals surface area contributed by atoms with E-state index in [0.29, 0.717) is 43.6 Å². The van der Waals surface area contributed by atoms with Crippen molar-refractivity contribution in [3.8, 4) is 6.07 Å². The first-order valence-electron chi connectivity index (χ1n) is 14.9. The van der Waals surface area contributed by atoms with Crippen LogP contribution < -0.4 is 5.32 Å². The molecule has 2 N–H and O–H groups in total. The average Bonchev–Trinajstić information content (AvgIpc) is 3.46. The third-order valence-electron chi connectivity index (χ3n) is 10.0. The lowest BCUT2D eigenvalue weighted by molar-refractivity contribution is -0.134. The first kappa shape index (κ1) is 28.4. The number of hydrogen-bond donors (Lipinski definition) is 2. The zero-order valence-electron chi connectivity index (χ0n) is 24.3. The van der Waals surface area contributed by atoms with Crippen LogP contribution in [0.2, 0.25) is 0 Å². The van der Waals surface area contributed by atoms with Gasteiger partial charge in [-0.1, -0.05) is 57.0 Å². The maximum absolute atomic E-state index is 16.2. The zero-order valence-corrected chi connectivity index (χ0v) is 24.3. The standard InChI is InChI=1S/C34H37FN4O3/c1-32(2)21-39(19-22-5-7-24(8-6-22)33(20-36)13-3-4-14-33)16-15-34(32,42)27-10-11-28-26(30(27)35)17-23(18-37-28)25-9-12-29(40)38-31(25)41/h5-8,10-11,17-18,25,42H,3-4,9,12-16,19,21H2,1-2H3,(H,38,40,41)/t25-,34-/m1/s1. The Morgan fingerprint density at radius 1 is 1.12 bits per heavy atom. The molecule has 2 atom stereocenters. The molecule has 1 aromatic heterocycles. The lowest BCUT2D eigenvalue weighted by Crippen LogP contribution is -2.55. The molecule has 0 bridgehead atoms. The van der Waals surface area contributed by atoms with Gasteiger partial charge in [-0.3, -0.25) is 24.8 Å². The largest absolute Gasteiger partial charge is 0.384 e. The number of halogens is 1. The van der Waals surface area contributed by atoms with Gasteiger partial charge in [0.25, 0.3) is 0 Å². The Morgan fingerprint density at radius 3 is 2.52 bits per heavy atom. The number of carbonyl (C=O) groups is 2. The van der Waals surface area contributed by atoms with E-state index in [1.165, 1.54) is 0 Å². The predicted octanol–water partition coefficient (Wildman–Crippen LogP) is 5.35. The molecule has 218 valence electrons. The number of nitrogens with zero attached hydrogens (tertiary/aromatic N) is 3.